The number of carbonyl (C=O) groups excluding carboxylic acids is 1. The van der Waals surface area contributed by atoms with Gasteiger partial charge < -0.3 is 14.8 Å². The lowest BCUT2D eigenvalue weighted by molar-refractivity contribution is -0.132. The minimum absolute atomic E-state index is 0.144. The van der Waals surface area contributed by atoms with E-state index in [0.29, 0.717) is 5.92 Å². The molecule has 5 nitrogen and oxygen atoms in total. The lowest BCUT2D eigenvalue weighted by Crippen LogP contribution is -2.35. The first-order chi connectivity index (χ1) is 9.15. The SMILES string of the molecule is CCN(C)C(=O)C(C)n1cncc1C1CCCNC1. The topological polar surface area (TPSA) is 50.2 Å². The molecule has 0 aliphatic carbocycles. The van der Waals surface area contributed by atoms with Gasteiger partial charge in [0.1, 0.15) is 6.04 Å². The highest BCUT2D eigenvalue weighted by Crippen LogP contribution is 2.25. The van der Waals surface area contributed by atoms with Crippen LogP contribution in [-0.4, -0.2) is 47.0 Å². The van der Waals surface area contributed by atoms with E-state index in [2.05, 4.69) is 10.3 Å². The van der Waals surface area contributed by atoms with E-state index in [4.69, 9.17) is 0 Å². The highest BCUT2D eigenvalue weighted by molar-refractivity contribution is 5.79. The normalized spacial score (nSPS) is 21.1. The molecule has 1 aromatic rings. The minimum atomic E-state index is -0.177. The summed E-state index contributed by atoms with van der Waals surface area (Å²) in [6.45, 7) is 6.76. The Morgan fingerprint density at radius 2 is 2.47 bits per heavy atom. The van der Waals surface area contributed by atoms with Crippen molar-refractivity contribution in [2.75, 3.05) is 26.7 Å². The zero-order valence-electron chi connectivity index (χ0n) is 12.1. The summed E-state index contributed by atoms with van der Waals surface area (Å²) in [5.41, 5.74) is 1.18. The van der Waals surface area contributed by atoms with Crippen molar-refractivity contribution in [2.45, 2.75) is 38.6 Å². The zero-order chi connectivity index (χ0) is 13.8. The van der Waals surface area contributed by atoms with Crippen molar-refractivity contribution >= 4 is 5.91 Å². The maximum Gasteiger partial charge on any atom is 0.245 e. The van der Waals surface area contributed by atoms with Gasteiger partial charge in [0.2, 0.25) is 5.91 Å². The van der Waals surface area contributed by atoms with Crippen molar-refractivity contribution in [3.05, 3.63) is 18.2 Å². The van der Waals surface area contributed by atoms with Gasteiger partial charge in [0, 0.05) is 37.9 Å². The predicted molar refractivity (Wildman–Crippen MR) is 75.1 cm³/mol. The van der Waals surface area contributed by atoms with Crippen molar-refractivity contribution in [3.63, 3.8) is 0 Å². The van der Waals surface area contributed by atoms with Crippen LogP contribution in [0, 0.1) is 0 Å². The Labute approximate surface area is 115 Å². The molecule has 0 bridgehead atoms. The summed E-state index contributed by atoms with van der Waals surface area (Å²) >= 11 is 0. The number of aromatic nitrogens is 2. The number of piperidine rings is 1. The molecule has 1 saturated heterocycles. The van der Waals surface area contributed by atoms with Gasteiger partial charge in [-0.1, -0.05) is 0 Å². The van der Waals surface area contributed by atoms with E-state index in [1.165, 1.54) is 18.5 Å². The Kier molecular flexibility index (Phi) is 4.58. The van der Waals surface area contributed by atoms with Crippen LogP contribution in [0.1, 0.15) is 44.3 Å². The first kappa shape index (κ1) is 14.1. The van der Waals surface area contributed by atoms with Gasteiger partial charge in [-0.3, -0.25) is 4.79 Å². The summed E-state index contributed by atoms with van der Waals surface area (Å²) in [5, 5.41) is 3.42. The number of likely N-dealkylation sites (N-methyl/N-ethyl adjacent to an activating group) is 1. The lowest BCUT2D eigenvalue weighted by Gasteiger charge is -2.27. The molecule has 106 valence electrons. The third kappa shape index (κ3) is 2.97. The fourth-order valence-electron chi connectivity index (χ4n) is 2.65. The molecule has 2 atom stereocenters. The maximum absolute atomic E-state index is 12.3. The van der Waals surface area contributed by atoms with Crippen LogP contribution in [0.2, 0.25) is 0 Å². The molecule has 2 rings (SSSR count). The van der Waals surface area contributed by atoms with Crippen LogP contribution in [0.5, 0.6) is 0 Å². The molecule has 1 aliphatic rings. The van der Waals surface area contributed by atoms with E-state index in [1.54, 1.807) is 11.2 Å². The van der Waals surface area contributed by atoms with Gasteiger partial charge >= 0.3 is 0 Å². The number of carbonyl (C=O) groups is 1. The molecule has 5 heteroatoms. The Bertz CT molecular complexity index is 423. The molecule has 0 radical (unpaired) electrons. The average Bonchev–Trinajstić information content (AvgIpc) is 2.95. The molecule has 1 amide bonds. The molecule has 0 spiro atoms. The summed E-state index contributed by atoms with van der Waals surface area (Å²) in [4.78, 5) is 18.3. The van der Waals surface area contributed by atoms with Crippen LogP contribution in [0.3, 0.4) is 0 Å². The molecule has 0 aromatic carbocycles. The quantitative estimate of drug-likeness (QED) is 0.894. The van der Waals surface area contributed by atoms with Gasteiger partial charge in [-0.15, -0.1) is 0 Å². The van der Waals surface area contributed by atoms with Gasteiger partial charge in [-0.25, -0.2) is 4.98 Å². The number of hydrogen-bond donors (Lipinski definition) is 1. The molecule has 19 heavy (non-hydrogen) atoms. The van der Waals surface area contributed by atoms with Gasteiger partial charge in [0.15, 0.2) is 0 Å². The van der Waals surface area contributed by atoms with Crippen LogP contribution in [0.15, 0.2) is 12.5 Å². The van der Waals surface area contributed by atoms with Crippen molar-refractivity contribution in [3.8, 4) is 0 Å². The van der Waals surface area contributed by atoms with E-state index in [1.807, 2.05) is 31.7 Å². The first-order valence-electron chi connectivity index (χ1n) is 7.12. The molecule has 1 aromatic heterocycles. The number of rotatable bonds is 4. The van der Waals surface area contributed by atoms with Gasteiger partial charge in [0.25, 0.3) is 0 Å². The fourth-order valence-corrected chi connectivity index (χ4v) is 2.65. The number of imidazole rings is 1. The van der Waals surface area contributed by atoms with E-state index in [0.717, 1.165) is 19.6 Å². The lowest BCUT2D eigenvalue weighted by atomic mass is 9.96. The molecular weight excluding hydrogens is 240 g/mol. The number of amides is 1. The molecule has 2 unspecified atom stereocenters. The second-order valence-electron chi connectivity index (χ2n) is 5.30. The van der Waals surface area contributed by atoms with Crippen LogP contribution < -0.4 is 5.32 Å². The minimum Gasteiger partial charge on any atom is -0.344 e. The van der Waals surface area contributed by atoms with Crippen molar-refractivity contribution < 1.29 is 4.79 Å². The maximum atomic E-state index is 12.3. The molecular formula is C14H24N4O. The van der Waals surface area contributed by atoms with Gasteiger partial charge in [-0.05, 0) is 33.2 Å². The average molecular weight is 264 g/mol. The van der Waals surface area contributed by atoms with Crippen LogP contribution >= 0.6 is 0 Å². The highest BCUT2D eigenvalue weighted by atomic mass is 16.2. The number of nitrogens with zero attached hydrogens (tertiary/aromatic N) is 3. The Balaban J connectivity index is 2.16. The van der Waals surface area contributed by atoms with E-state index < -0.39 is 0 Å². The highest BCUT2D eigenvalue weighted by Gasteiger charge is 2.24. The summed E-state index contributed by atoms with van der Waals surface area (Å²) < 4.78 is 2.03. The van der Waals surface area contributed by atoms with Gasteiger partial charge in [0.05, 0.1) is 6.33 Å². The predicted octanol–water partition coefficient (Wildman–Crippen LogP) is 1.39. The Morgan fingerprint density at radius 3 is 3.11 bits per heavy atom. The molecule has 2 heterocycles. The number of hydrogen-bond acceptors (Lipinski definition) is 3. The standard InChI is InChI=1S/C14H24N4O/c1-4-17(3)14(19)11(2)18-10-16-9-13(18)12-6-5-7-15-8-12/h9-12,15H,4-8H2,1-3H3. The molecule has 1 N–H and O–H groups in total. The zero-order valence-corrected chi connectivity index (χ0v) is 12.1. The van der Waals surface area contributed by atoms with E-state index in [-0.39, 0.29) is 11.9 Å². The van der Waals surface area contributed by atoms with Crippen LogP contribution in [-0.2, 0) is 4.79 Å². The molecule has 0 saturated carbocycles. The van der Waals surface area contributed by atoms with Gasteiger partial charge in [-0.2, -0.15) is 0 Å². The monoisotopic (exact) mass is 264 g/mol. The Morgan fingerprint density at radius 1 is 1.68 bits per heavy atom. The Hall–Kier alpha value is -1.36. The number of nitrogens with one attached hydrogen (secondary N) is 1. The molecule has 1 fully saturated rings. The molecule has 1 aliphatic heterocycles. The largest absolute Gasteiger partial charge is 0.344 e. The van der Waals surface area contributed by atoms with Crippen molar-refractivity contribution in [2.24, 2.45) is 0 Å². The first-order valence-corrected chi connectivity index (χ1v) is 7.12. The third-order valence-corrected chi connectivity index (χ3v) is 4.04. The fraction of sp³-hybridized carbons (Fsp3) is 0.714. The third-order valence-electron chi connectivity index (χ3n) is 4.04. The summed E-state index contributed by atoms with van der Waals surface area (Å²) in [5.74, 6) is 0.615. The van der Waals surface area contributed by atoms with Crippen LogP contribution in [0.25, 0.3) is 0 Å². The smallest absolute Gasteiger partial charge is 0.245 e. The van der Waals surface area contributed by atoms with Crippen molar-refractivity contribution in [1.29, 1.82) is 0 Å². The second-order valence-corrected chi connectivity index (χ2v) is 5.30. The second kappa shape index (κ2) is 6.19. The van der Waals surface area contributed by atoms with Crippen molar-refractivity contribution in [1.82, 2.24) is 19.8 Å². The van der Waals surface area contributed by atoms with Crippen LogP contribution in [0.4, 0.5) is 0 Å². The summed E-state index contributed by atoms with van der Waals surface area (Å²) in [6, 6.07) is -0.177. The van der Waals surface area contributed by atoms with E-state index >= 15 is 0 Å². The summed E-state index contributed by atoms with van der Waals surface area (Å²) in [6.07, 6.45) is 6.06. The summed E-state index contributed by atoms with van der Waals surface area (Å²) in [7, 11) is 1.84. The van der Waals surface area contributed by atoms with E-state index in [9.17, 15) is 4.79 Å².